The highest BCUT2D eigenvalue weighted by Gasteiger charge is 2.30. The van der Waals surface area contributed by atoms with E-state index in [1.54, 1.807) is 0 Å². The molecule has 0 heterocycles. The van der Waals surface area contributed by atoms with Gasteiger partial charge in [-0.15, -0.1) is 0 Å². The molecule has 2 aliphatic carbocycles. The molecule has 0 aromatic rings. The van der Waals surface area contributed by atoms with Crippen LogP contribution in [0.2, 0.25) is 0 Å². The second kappa shape index (κ2) is 7.88. The maximum absolute atomic E-state index is 12.5. The van der Waals surface area contributed by atoms with Crippen molar-refractivity contribution in [2.24, 2.45) is 17.6 Å². The zero-order valence-corrected chi connectivity index (χ0v) is 12.2. The topological polar surface area (TPSA) is 55.1 Å². The van der Waals surface area contributed by atoms with Crippen molar-refractivity contribution in [1.29, 1.82) is 0 Å². The largest absolute Gasteiger partial charge is 0.353 e. The molecule has 0 aliphatic heterocycles. The van der Waals surface area contributed by atoms with Crippen LogP contribution in [0.1, 0.15) is 70.6 Å². The van der Waals surface area contributed by atoms with Crippen LogP contribution in [0.15, 0.2) is 0 Å². The van der Waals surface area contributed by atoms with Gasteiger partial charge < -0.3 is 11.1 Å². The third kappa shape index (κ3) is 4.48. The van der Waals surface area contributed by atoms with E-state index < -0.39 is 0 Å². The van der Waals surface area contributed by atoms with Crippen molar-refractivity contribution in [3.8, 4) is 0 Å². The third-order valence-electron chi connectivity index (χ3n) is 5.00. The summed E-state index contributed by atoms with van der Waals surface area (Å²) in [6.07, 6.45) is 13.6. The first-order chi connectivity index (χ1) is 9.31. The van der Waals surface area contributed by atoms with E-state index in [4.69, 9.17) is 5.73 Å². The Hall–Kier alpha value is -0.570. The molecule has 0 bridgehead atoms. The summed E-state index contributed by atoms with van der Waals surface area (Å²) in [7, 11) is 0. The molecule has 110 valence electrons. The summed E-state index contributed by atoms with van der Waals surface area (Å²) < 4.78 is 0. The standard InChI is InChI=1S/C16H30N2O/c17-12-13-8-6-7-11-15(13)16(19)18-14-9-4-2-1-3-5-10-14/h13-15H,1-12,17H2,(H,18,19). The second-order valence-corrected chi connectivity index (χ2v) is 6.44. The molecule has 3 nitrogen and oxygen atoms in total. The van der Waals surface area contributed by atoms with Gasteiger partial charge in [-0.05, 0) is 38.1 Å². The first-order valence-corrected chi connectivity index (χ1v) is 8.31. The lowest BCUT2D eigenvalue weighted by Gasteiger charge is -2.31. The van der Waals surface area contributed by atoms with Crippen molar-refractivity contribution < 1.29 is 4.79 Å². The number of carbonyl (C=O) groups is 1. The van der Waals surface area contributed by atoms with Crippen LogP contribution in [-0.4, -0.2) is 18.5 Å². The Morgan fingerprint density at radius 1 is 0.895 bits per heavy atom. The first kappa shape index (κ1) is 14.8. The number of carbonyl (C=O) groups excluding carboxylic acids is 1. The molecule has 1 amide bonds. The highest BCUT2D eigenvalue weighted by atomic mass is 16.1. The van der Waals surface area contributed by atoms with Gasteiger partial charge in [0.1, 0.15) is 0 Å². The lowest BCUT2D eigenvalue weighted by molar-refractivity contribution is -0.128. The SMILES string of the molecule is NCC1CCCCC1C(=O)NC1CCCCCCC1. The van der Waals surface area contributed by atoms with E-state index in [1.165, 1.54) is 57.8 Å². The van der Waals surface area contributed by atoms with Crippen LogP contribution in [0.4, 0.5) is 0 Å². The Morgan fingerprint density at radius 3 is 2.16 bits per heavy atom. The van der Waals surface area contributed by atoms with Crippen LogP contribution >= 0.6 is 0 Å². The van der Waals surface area contributed by atoms with Crippen LogP contribution in [0.5, 0.6) is 0 Å². The molecule has 0 saturated heterocycles. The fraction of sp³-hybridized carbons (Fsp3) is 0.938. The van der Waals surface area contributed by atoms with Crippen LogP contribution < -0.4 is 11.1 Å². The average molecular weight is 266 g/mol. The Kier molecular flexibility index (Phi) is 6.15. The van der Waals surface area contributed by atoms with Gasteiger partial charge in [0.15, 0.2) is 0 Å². The molecule has 2 rings (SSSR count). The lowest BCUT2D eigenvalue weighted by Crippen LogP contribution is -2.44. The number of hydrogen-bond acceptors (Lipinski definition) is 2. The van der Waals surface area contributed by atoms with Gasteiger partial charge in [0, 0.05) is 12.0 Å². The highest BCUT2D eigenvalue weighted by molar-refractivity contribution is 5.79. The summed E-state index contributed by atoms with van der Waals surface area (Å²) in [5, 5.41) is 3.33. The van der Waals surface area contributed by atoms with Gasteiger partial charge in [-0.25, -0.2) is 0 Å². The van der Waals surface area contributed by atoms with Gasteiger partial charge in [0.25, 0.3) is 0 Å². The van der Waals surface area contributed by atoms with E-state index >= 15 is 0 Å². The van der Waals surface area contributed by atoms with Crippen molar-refractivity contribution in [2.75, 3.05) is 6.54 Å². The molecule has 3 N–H and O–H groups in total. The lowest BCUT2D eigenvalue weighted by atomic mass is 9.78. The molecule has 19 heavy (non-hydrogen) atoms. The number of rotatable bonds is 3. The first-order valence-electron chi connectivity index (χ1n) is 8.31. The normalized spacial score (nSPS) is 30.4. The maximum atomic E-state index is 12.5. The van der Waals surface area contributed by atoms with Gasteiger partial charge >= 0.3 is 0 Å². The molecule has 2 unspecified atom stereocenters. The third-order valence-corrected chi connectivity index (χ3v) is 5.00. The molecule has 0 spiro atoms. The minimum Gasteiger partial charge on any atom is -0.353 e. The Labute approximate surface area is 117 Å². The van der Waals surface area contributed by atoms with Crippen LogP contribution in [-0.2, 0) is 4.79 Å². The number of hydrogen-bond donors (Lipinski definition) is 2. The Morgan fingerprint density at radius 2 is 1.47 bits per heavy atom. The summed E-state index contributed by atoms with van der Waals surface area (Å²) in [5.74, 6) is 0.896. The second-order valence-electron chi connectivity index (χ2n) is 6.44. The minimum atomic E-state index is 0.184. The summed E-state index contributed by atoms with van der Waals surface area (Å²) >= 11 is 0. The van der Waals surface area contributed by atoms with E-state index in [0.29, 0.717) is 24.4 Å². The number of amides is 1. The van der Waals surface area contributed by atoms with Gasteiger partial charge in [-0.1, -0.05) is 44.9 Å². The number of nitrogens with one attached hydrogen (secondary N) is 1. The molecular weight excluding hydrogens is 236 g/mol. The summed E-state index contributed by atoms with van der Waals surface area (Å²) in [4.78, 5) is 12.5. The summed E-state index contributed by atoms with van der Waals surface area (Å²) in [6, 6.07) is 0.424. The van der Waals surface area contributed by atoms with E-state index in [2.05, 4.69) is 5.32 Å². The molecule has 3 heteroatoms. The van der Waals surface area contributed by atoms with E-state index in [0.717, 1.165) is 12.8 Å². The van der Waals surface area contributed by atoms with E-state index in [-0.39, 0.29) is 5.92 Å². The van der Waals surface area contributed by atoms with Crippen molar-refractivity contribution in [3.05, 3.63) is 0 Å². The fourth-order valence-corrected chi connectivity index (χ4v) is 3.74. The average Bonchev–Trinajstić information content (AvgIpc) is 2.41. The highest BCUT2D eigenvalue weighted by Crippen LogP contribution is 2.30. The smallest absolute Gasteiger partial charge is 0.223 e. The molecule has 2 fully saturated rings. The van der Waals surface area contributed by atoms with Crippen molar-refractivity contribution in [1.82, 2.24) is 5.32 Å². The Bertz CT molecular complexity index is 272. The van der Waals surface area contributed by atoms with Crippen molar-refractivity contribution >= 4 is 5.91 Å². The molecule has 2 aliphatic rings. The zero-order valence-electron chi connectivity index (χ0n) is 12.2. The van der Waals surface area contributed by atoms with Crippen LogP contribution in [0.3, 0.4) is 0 Å². The summed E-state index contributed by atoms with van der Waals surface area (Å²) in [6.45, 7) is 0.669. The molecule has 0 aromatic carbocycles. The molecule has 0 aromatic heterocycles. The van der Waals surface area contributed by atoms with Crippen LogP contribution in [0.25, 0.3) is 0 Å². The maximum Gasteiger partial charge on any atom is 0.223 e. The monoisotopic (exact) mass is 266 g/mol. The Balaban J connectivity index is 1.83. The van der Waals surface area contributed by atoms with Crippen molar-refractivity contribution in [2.45, 2.75) is 76.7 Å². The van der Waals surface area contributed by atoms with Crippen molar-refractivity contribution in [3.63, 3.8) is 0 Å². The minimum absolute atomic E-state index is 0.184. The molecule has 2 saturated carbocycles. The predicted molar refractivity (Wildman–Crippen MR) is 78.8 cm³/mol. The zero-order chi connectivity index (χ0) is 13.5. The molecular formula is C16H30N2O. The van der Waals surface area contributed by atoms with E-state index in [9.17, 15) is 4.79 Å². The predicted octanol–water partition coefficient (Wildman–Crippen LogP) is 2.98. The fourth-order valence-electron chi connectivity index (χ4n) is 3.74. The van der Waals surface area contributed by atoms with Crippen LogP contribution in [0, 0.1) is 11.8 Å². The van der Waals surface area contributed by atoms with Gasteiger partial charge in [0.05, 0.1) is 0 Å². The van der Waals surface area contributed by atoms with E-state index in [1.807, 2.05) is 0 Å². The van der Waals surface area contributed by atoms with Gasteiger partial charge in [0.2, 0.25) is 5.91 Å². The van der Waals surface area contributed by atoms with Gasteiger partial charge in [-0.2, -0.15) is 0 Å². The molecule has 0 radical (unpaired) electrons. The molecule has 2 atom stereocenters. The number of nitrogens with two attached hydrogens (primary N) is 1. The van der Waals surface area contributed by atoms with Gasteiger partial charge in [-0.3, -0.25) is 4.79 Å². The quantitative estimate of drug-likeness (QED) is 0.825. The summed E-state index contributed by atoms with van der Waals surface area (Å²) in [5.41, 5.74) is 5.83.